The fraction of sp³-hybridized carbons (Fsp3) is 0.500. The van der Waals surface area contributed by atoms with Crippen LogP contribution >= 0.6 is 0 Å². The van der Waals surface area contributed by atoms with Gasteiger partial charge in [-0.1, -0.05) is 30.3 Å². The van der Waals surface area contributed by atoms with E-state index in [0.717, 1.165) is 31.2 Å². The van der Waals surface area contributed by atoms with Crippen LogP contribution in [-0.4, -0.2) is 49.0 Å². The Morgan fingerprint density at radius 2 is 2.00 bits per heavy atom. The molecule has 3 heterocycles. The monoisotopic (exact) mass is 424 g/mol. The SMILES string of the molecule is C[C@H]1O[C@@H](n2cnc3c(N)nc(OC4CCCC4)nc32)[C@H](O)[C@H]1NCc1ccccc1. The van der Waals surface area contributed by atoms with E-state index in [2.05, 4.69) is 20.3 Å². The van der Waals surface area contributed by atoms with Crippen LogP contribution in [0.5, 0.6) is 6.01 Å². The Morgan fingerprint density at radius 3 is 2.77 bits per heavy atom. The van der Waals surface area contributed by atoms with Crippen molar-refractivity contribution in [2.24, 2.45) is 0 Å². The molecule has 0 bridgehead atoms. The van der Waals surface area contributed by atoms with E-state index in [9.17, 15) is 5.11 Å². The zero-order valence-electron chi connectivity index (χ0n) is 17.5. The molecule has 1 aromatic carbocycles. The van der Waals surface area contributed by atoms with E-state index in [-0.39, 0.29) is 30.1 Å². The average Bonchev–Trinajstić information content (AvgIpc) is 3.48. The fourth-order valence-corrected chi connectivity index (χ4v) is 4.50. The summed E-state index contributed by atoms with van der Waals surface area (Å²) in [6.07, 6.45) is 4.38. The standard InChI is InChI=1S/C22H28N6O3/c1-13-16(24-11-14-7-3-2-4-8-14)18(29)21(30-13)28-12-25-17-19(23)26-22(27-20(17)28)31-15-9-5-6-10-15/h2-4,7-8,12-13,15-16,18,21,24,29H,5-6,9-11H2,1H3,(H2,23,26,27)/t13-,16+,18-,21-/m1/s1. The van der Waals surface area contributed by atoms with Crippen molar-refractivity contribution in [2.75, 3.05) is 5.73 Å². The number of nitrogens with one attached hydrogen (secondary N) is 1. The largest absolute Gasteiger partial charge is 0.460 e. The van der Waals surface area contributed by atoms with Crippen LogP contribution in [0.2, 0.25) is 0 Å². The minimum atomic E-state index is -0.786. The molecule has 2 aliphatic rings. The number of hydrogen-bond acceptors (Lipinski definition) is 8. The van der Waals surface area contributed by atoms with Gasteiger partial charge >= 0.3 is 6.01 Å². The molecule has 9 nitrogen and oxygen atoms in total. The number of aliphatic hydroxyl groups is 1. The lowest BCUT2D eigenvalue weighted by molar-refractivity contribution is -0.0298. The highest BCUT2D eigenvalue weighted by Gasteiger charge is 2.43. The van der Waals surface area contributed by atoms with Gasteiger partial charge in [-0.2, -0.15) is 9.97 Å². The Hall–Kier alpha value is -2.75. The summed E-state index contributed by atoms with van der Waals surface area (Å²) in [6, 6.07) is 10.1. The van der Waals surface area contributed by atoms with Crippen molar-refractivity contribution in [2.45, 2.75) is 69.7 Å². The molecule has 2 fully saturated rings. The maximum atomic E-state index is 11.1. The second-order valence-corrected chi connectivity index (χ2v) is 8.35. The van der Waals surface area contributed by atoms with E-state index in [1.165, 1.54) is 0 Å². The highest BCUT2D eigenvalue weighted by molar-refractivity contribution is 5.82. The molecule has 0 amide bonds. The molecule has 2 aromatic heterocycles. The molecule has 164 valence electrons. The van der Waals surface area contributed by atoms with Crippen molar-refractivity contribution >= 4 is 17.0 Å². The lowest BCUT2D eigenvalue weighted by Gasteiger charge is -2.20. The molecule has 3 aromatic rings. The predicted octanol–water partition coefficient (Wildman–Crippen LogP) is 2.17. The number of aliphatic hydroxyl groups excluding tert-OH is 1. The van der Waals surface area contributed by atoms with Crippen LogP contribution < -0.4 is 15.8 Å². The molecular formula is C22H28N6O3. The van der Waals surface area contributed by atoms with Crippen molar-refractivity contribution in [3.8, 4) is 6.01 Å². The molecule has 4 atom stereocenters. The van der Waals surface area contributed by atoms with Gasteiger partial charge in [0.2, 0.25) is 0 Å². The summed E-state index contributed by atoms with van der Waals surface area (Å²) < 4.78 is 13.8. The van der Waals surface area contributed by atoms with Crippen LogP contribution in [0.1, 0.15) is 44.4 Å². The number of anilines is 1. The summed E-state index contributed by atoms with van der Waals surface area (Å²) in [5.74, 6) is 0.260. The third kappa shape index (κ3) is 3.96. The molecule has 0 radical (unpaired) electrons. The first-order valence-electron chi connectivity index (χ1n) is 10.9. The van der Waals surface area contributed by atoms with Crippen molar-refractivity contribution in [1.82, 2.24) is 24.8 Å². The van der Waals surface area contributed by atoms with E-state index >= 15 is 0 Å². The van der Waals surface area contributed by atoms with E-state index in [1.807, 2.05) is 37.3 Å². The first kappa shape index (κ1) is 20.2. The van der Waals surface area contributed by atoms with Crippen LogP contribution in [0.15, 0.2) is 36.7 Å². The molecule has 31 heavy (non-hydrogen) atoms. The van der Waals surface area contributed by atoms with Gasteiger partial charge in [0.1, 0.15) is 12.2 Å². The van der Waals surface area contributed by atoms with Crippen molar-refractivity contribution < 1.29 is 14.6 Å². The van der Waals surface area contributed by atoms with Crippen LogP contribution in [0.25, 0.3) is 11.2 Å². The number of nitrogens with two attached hydrogens (primary N) is 1. The normalized spacial score (nSPS) is 26.6. The molecule has 5 rings (SSSR count). The van der Waals surface area contributed by atoms with Gasteiger partial charge in [-0.25, -0.2) is 4.98 Å². The maximum absolute atomic E-state index is 11.1. The second kappa shape index (κ2) is 8.41. The van der Waals surface area contributed by atoms with Gasteiger partial charge in [0.15, 0.2) is 23.2 Å². The number of fused-ring (bicyclic) bond motifs is 1. The highest BCUT2D eigenvalue weighted by atomic mass is 16.5. The highest BCUT2D eigenvalue weighted by Crippen LogP contribution is 2.33. The topological polar surface area (TPSA) is 120 Å². The molecule has 0 spiro atoms. The van der Waals surface area contributed by atoms with Crippen LogP contribution in [-0.2, 0) is 11.3 Å². The smallest absolute Gasteiger partial charge is 0.320 e. The van der Waals surface area contributed by atoms with E-state index in [1.54, 1.807) is 10.9 Å². The molecule has 1 aliphatic carbocycles. The van der Waals surface area contributed by atoms with Gasteiger partial charge in [0.05, 0.1) is 18.5 Å². The molecule has 1 aliphatic heterocycles. The third-order valence-corrected chi connectivity index (χ3v) is 6.18. The van der Waals surface area contributed by atoms with E-state index < -0.39 is 12.3 Å². The zero-order chi connectivity index (χ0) is 21.4. The molecular weight excluding hydrogens is 396 g/mol. The minimum Gasteiger partial charge on any atom is -0.460 e. The van der Waals surface area contributed by atoms with Crippen molar-refractivity contribution in [3.05, 3.63) is 42.2 Å². The van der Waals surface area contributed by atoms with Crippen LogP contribution in [0.3, 0.4) is 0 Å². The van der Waals surface area contributed by atoms with Crippen molar-refractivity contribution in [1.29, 1.82) is 0 Å². The maximum Gasteiger partial charge on any atom is 0.320 e. The number of rotatable bonds is 6. The Morgan fingerprint density at radius 1 is 1.23 bits per heavy atom. The van der Waals surface area contributed by atoms with Gasteiger partial charge < -0.3 is 25.6 Å². The van der Waals surface area contributed by atoms with Crippen LogP contribution in [0.4, 0.5) is 5.82 Å². The summed E-state index contributed by atoms with van der Waals surface area (Å²) in [6.45, 7) is 2.59. The lowest BCUT2D eigenvalue weighted by Crippen LogP contribution is -2.43. The van der Waals surface area contributed by atoms with Gasteiger partial charge in [0.25, 0.3) is 0 Å². The first-order valence-corrected chi connectivity index (χ1v) is 10.9. The Balaban J connectivity index is 1.37. The number of hydrogen-bond donors (Lipinski definition) is 3. The summed E-state index contributed by atoms with van der Waals surface area (Å²) >= 11 is 0. The van der Waals surface area contributed by atoms with Gasteiger partial charge in [-0.15, -0.1) is 0 Å². The third-order valence-electron chi connectivity index (χ3n) is 6.18. The molecule has 0 unspecified atom stereocenters. The average molecular weight is 425 g/mol. The Labute approximate surface area is 180 Å². The summed E-state index contributed by atoms with van der Waals surface area (Å²) in [7, 11) is 0. The molecule has 4 N–H and O–H groups in total. The van der Waals surface area contributed by atoms with Gasteiger partial charge in [-0.05, 0) is 38.2 Å². The fourth-order valence-electron chi connectivity index (χ4n) is 4.50. The predicted molar refractivity (Wildman–Crippen MR) is 115 cm³/mol. The molecule has 1 saturated carbocycles. The van der Waals surface area contributed by atoms with E-state index in [4.69, 9.17) is 15.2 Å². The minimum absolute atomic E-state index is 0.119. The number of nitrogens with zero attached hydrogens (tertiary/aromatic N) is 4. The second-order valence-electron chi connectivity index (χ2n) is 8.35. The van der Waals surface area contributed by atoms with Gasteiger partial charge in [0, 0.05) is 6.54 Å². The number of imidazole rings is 1. The number of ether oxygens (including phenoxy) is 2. The van der Waals surface area contributed by atoms with Crippen molar-refractivity contribution in [3.63, 3.8) is 0 Å². The van der Waals surface area contributed by atoms with E-state index in [0.29, 0.717) is 17.7 Å². The number of benzene rings is 1. The zero-order valence-corrected chi connectivity index (χ0v) is 17.5. The summed E-state index contributed by atoms with van der Waals surface area (Å²) in [5, 5.41) is 14.5. The number of aromatic nitrogens is 4. The number of nitrogen functional groups attached to an aromatic ring is 1. The summed E-state index contributed by atoms with van der Waals surface area (Å²) in [4.78, 5) is 13.2. The quantitative estimate of drug-likeness (QED) is 0.551. The molecule has 9 heteroatoms. The van der Waals surface area contributed by atoms with Crippen LogP contribution in [0, 0.1) is 0 Å². The first-order chi connectivity index (χ1) is 15.1. The Kier molecular flexibility index (Phi) is 5.47. The lowest BCUT2D eigenvalue weighted by atomic mass is 10.1. The van der Waals surface area contributed by atoms with Gasteiger partial charge in [-0.3, -0.25) is 4.57 Å². The Bertz CT molecular complexity index is 1040. The summed E-state index contributed by atoms with van der Waals surface area (Å²) in [5.41, 5.74) is 8.24. The molecule has 1 saturated heterocycles.